The molecule has 7 nitrogen and oxygen atoms in total. The molecule has 0 unspecified atom stereocenters. The van der Waals surface area contributed by atoms with Crippen LogP contribution in [0.15, 0.2) is 24.3 Å². The van der Waals surface area contributed by atoms with E-state index < -0.39 is 16.4 Å². The topological polar surface area (TPSA) is 114 Å². The number of benzene rings is 1. The maximum atomic E-state index is 11.4. The van der Waals surface area contributed by atoms with E-state index in [-0.39, 0.29) is 17.5 Å². The molecule has 0 heterocycles. The SMILES string of the molecule is [N-]=[N+]=C(C=O)C(=O)c1ccc([N+](=O)[O-])cc1. The Morgan fingerprint density at radius 3 is 2.31 bits per heavy atom. The average Bonchev–Trinajstić information content (AvgIpc) is 2.30. The molecule has 16 heavy (non-hydrogen) atoms. The summed E-state index contributed by atoms with van der Waals surface area (Å²) in [7, 11) is 0. The maximum absolute atomic E-state index is 11.4. The van der Waals surface area contributed by atoms with Crippen molar-refractivity contribution in [2.24, 2.45) is 0 Å². The Hall–Kier alpha value is -2.66. The van der Waals surface area contributed by atoms with Gasteiger partial charge in [0.15, 0.2) is 0 Å². The van der Waals surface area contributed by atoms with E-state index in [0.717, 1.165) is 12.1 Å². The van der Waals surface area contributed by atoms with E-state index in [4.69, 9.17) is 5.53 Å². The molecule has 0 fully saturated rings. The first-order valence-electron chi connectivity index (χ1n) is 4.06. The third-order valence-electron chi connectivity index (χ3n) is 1.79. The zero-order chi connectivity index (χ0) is 12.1. The Labute approximate surface area is 89.1 Å². The van der Waals surface area contributed by atoms with Crippen molar-refractivity contribution in [3.8, 4) is 0 Å². The van der Waals surface area contributed by atoms with Crippen molar-refractivity contribution in [2.75, 3.05) is 0 Å². The normalized spacial score (nSPS) is 9.00. The molecule has 0 saturated carbocycles. The largest absolute Gasteiger partial charge is 0.401 e. The summed E-state index contributed by atoms with van der Waals surface area (Å²) in [6, 6.07) is 4.59. The van der Waals surface area contributed by atoms with Gasteiger partial charge in [0, 0.05) is 17.7 Å². The molecule has 0 aliphatic rings. The zero-order valence-electron chi connectivity index (χ0n) is 7.86. The third-order valence-corrected chi connectivity index (χ3v) is 1.79. The maximum Gasteiger partial charge on any atom is 0.401 e. The number of non-ortho nitro benzene ring substituents is 1. The van der Waals surface area contributed by atoms with Crippen molar-refractivity contribution < 1.29 is 19.3 Å². The Kier molecular flexibility index (Phi) is 3.37. The molecular formula is C9H5N3O4. The van der Waals surface area contributed by atoms with E-state index in [1.165, 1.54) is 12.1 Å². The minimum absolute atomic E-state index is 0.0329. The number of nitro benzene ring substituents is 1. The lowest BCUT2D eigenvalue weighted by molar-refractivity contribution is -0.384. The van der Waals surface area contributed by atoms with Crippen LogP contribution in [0, 0.1) is 10.1 Å². The van der Waals surface area contributed by atoms with Crippen LogP contribution < -0.4 is 0 Å². The molecule has 1 aromatic rings. The molecule has 0 spiro atoms. The number of nitro groups is 1. The van der Waals surface area contributed by atoms with Crippen LogP contribution in [0.2, 0.25) is 0 Å². The van der Waals surface area contributed by atoms with Crippen LogP contribution in [0.5, 0.6) is 0 Å². The smallest absolute Gasteiger partial charge is 0.360 e. The predicted octanol–water partition coefficient (Wildman–Crippen LogP) is 0.647. The van der Waals surface area contributed by atoms with Gasteiger partial charge in [-0.15, -0.1) is 0 Å². The van der Waals surface area contributed by atoms with Crippen molar-refractivity contribution >= 4 is 23.5 Å². The minimum Gasteiger partial charge on any atom is -0.360 e. The standard InChI is InChI=1S/C9H5N3O4/c10-11-8(5-13)9(14)6-1-3-7(4-2-6)12(15)16/h1-5H. The zero-order valence-corrected chi connectivity index (χ0v) is 7.86. The summed E-state index contributed by atoms with van der Waals surface area (Å²) in [5.74, 6) is -0.799. The molecular weight excluding hydrogens is 214 g/mol. The first kappa shape index (κ1) is 11.4. The van der Waals surface area contributed by atoms with Gasteiger partial charge in [-0.1, -0.05) is 0 Å². The number of Topliss-reactive ketones (excluding diaryl/α,β-unsaturated/α-hetero) is 1. The van der Waals surface area contributed by atoms with Crippen molar-refractivity contribution in [3.05, 3.63) is 45.5 Å². The van der Waals surface area contributed by atoms with Crippen molar-refractivity contribution in [3.63, 3.8) is 0 Å². The summed E-state index contributed by atoms with van der Waals surface area (Å²) < 4.78 is 0. The van der Waals surface area contributed by atoms with E-state index in [0.29, 0.717) is 0 Å². The van der Waals surface area contributed by atoms with Crippen molar-refractivity contribution in [2.45, 2.75) is 0 Å². The fourth-order valence-corrected chi connectivity index (χ4v) is 1.00. The lowest BCUT2D eigenvalue weighted by Crippen LogP contribution is -2.16. The van der Waals surface area contributed by atoms with Crippen molar-refractivity contribution in [1.82, 2.24) is 0 Å². The van der Waals surface area contributed by atoms with Gasteiger partial charge in [0.25, 0.3) is 11.5 Å². The number of hydrogen-bond acceptors (Lipinski definition) is 4. The Balaban J connectivity index is 3.07. The molecule has 0 aromatic heterocycles. The minimum atomic E-state index is -0.799. The number of carbonyl (C=O) groups excluding carboxylic acids is 2. The highest BCUT2D eigenvalue weighted by atomic mass is 16.6. The van der Waals surface area contributed by atoms with Gasteiger partial charge in [-0.25, -0.2) is 0 Å². The molecule has 0 bridgehead atoms. The molecule has 0 amide bonds. The summed E-state index contributed by atoms with van der Waals surface area (Å²) in [6.45, 7) is 0. The fraction of sp³-hybridized carbons (Fsp3) is 0. The lowest BCUT2D eigenvalue weighted by Gasteiger charge is -1.93. The van der Waals surface area contributed by atoms with E-state index in [1.54, 1.807) is 0 Å². The van der Waals surface area contributed by atoms with Gasteiger partial charge < -0.3 is 5.53 Å². The molecule has 0 atom stereocenters. The van der Waals surface area contributed by atoms with E-state index in [2.05, 4.69) is 4.79 Å². The molecule has 0 aliphatic carbocycles. The molecule has 0 radical (unpaired) electrons. The van der Waals surface area contributed by atoms with Gasteiger partial charge in [-0.3, -0.25) is 19.7 Å². The predicted molar refractivity (Wildman–Crippen MR) is 52.1 cm³/mol. The Bertz CT molecular complexity index is 500. The van der Waals surface area contributed by atoms with Gasteiger partial charge in [-0.05, 0) is 12.1 Å². The van der Waals surface area contributed by atoms with Crippen LogP contribution in [0.25, 0.3) is 5.53 Å². The molecule has 0 aliphatic heterocycles. The highest BCUT2D eigenvalue weighted by Gasteiger charge is 2.21. The molecule has 1 rings (SSSR count). The Morgan fingerprint density at radius 2 is 1.94 bits per heavy atom. The third kappa shape index (κ3) is 2.23. The van der Waals surface area contributed by atoms with E-state index in [1.807, 2.05) is 0 Å². The highest BCUT2D eigenvalue weighted by molar-refractivity contribution is 6.61. The van der Waals surface area contributed by atoms with E-state index >= 15 is 0 Å². The molecule has 7 heteroatoms. The summed E-state index contributed by atoms with van der Waals surface area (Å²) >= 11 is 0. The number of aldehydes is 1. The van der Waals surface area contributed by atoms with Gasteiger partial charge >= 0.3 is 5.71 Å². The van der Waals surface area contributed by atoms with Gasteiger partial charge in [0.1, 0.15) is 0 Å². The second-order valence-electron chi connectivity index (χ2n) is 2.74. The fourth-order valence-electron chi connectivity index (χ4n) is 1.00. The first-order chi connectivity index (χ1) is 7.60. The van der Waals surface area contributed by atoms with Gasteiger partial charge in [0.2, 0.25) is 6.29 Å². The van der Waals surface area contributed by atoms with Gasteiger partial charge in [-0.2, -0.15) is 4.79 Å². The van der Waals surface area contributed by atoms with Crippen LogP contribution in [0.3, 0.4) is 0 Å². The molecule has 80 valence electrons. The monoisotopic (exact) mass is 219 g/mol. The van der Waals surface area contributed by atoms with Crippen molar-refractivity contribution in [1.29, 1.82) is 0 Å². The quantitative estimate of drug-likeness (QED) is 0.108. The molecule has 0 saturated heterocycles. The lowest BCUT2D eigenvalue weighted by atomic mass is 10.1. The van der Waals surface area contributed by atoms with E-state index in [9.17, 15) is 19.7 Å². The summed E-state index contributed by atoms with van der Waals surface area (Å²) in [6.07, 6.45) is 0.101. The highest BCUT2D eigenvalue weighted by Crippen LogP contribution is 2.12. The second kappa shape index (κ2) is 4.72. The number of rotatable bonds is 4. The number of ketones is 1. The summed E-state index contributed by atoms with van der Waals surface area (Å²) in [5.41, 5.74) is 7.53. The van der Waals surface area contributed by atoms with Crippen LogP contribution in [-0.2, 0) is 4.79 Å². The second-order valence-corrected chi connectivity index (χ2v) is 2.74. The van der Waals surface area contributed by atoms with Crippen LogP contribution in [-0.4, -0.2) is 27.5 Å². The van der Waals surface area contributed by atoms with Crippen LogP contribution in [0.1, 0.15) is 10.4 Å². The first-order valence-corrected chi connectivity index (χ1v) is 4.06. The molecule has 1 aromatic carbocycles. The van der Waals surface area contributed by atoms with Crippen LogP contribution >= 0.6 is 0 Å². The average molecular weight is 219 g/mol. The summed E-state index contributed by atoms with van der Waals surface area (Å²) in [5, 5.41) is 10.3. The van der Waals surface area contributed by atoms with Gasteiger partial charge in [0.05, 0.1) is 4.92 Å². The van der Waals surface area contributed by atoms with Crippen LogP contribution in [0.4, 0.5) is 5.69 Å². The number of carbonyl (C=O) groups is 2. The number of nitrogens with zero attached hydrogens (tertiary/aromatic N) is 3. The molecule has 0 N–H and O–H groups in total. The number of hydrogen-bond donors (Lipinski definition) is 0. The Morgan fingerprint density at radius 1 is 1.38 bits per heavy atom. The summed E-state index contributed by atoms with van der Waals surface area (Å²) in [4.78, 5) is 33.9.